The summed E-state index contributed by atoms with van der Waals surface area (Å²) in [6.45, 7) is 11.9. The van der Waals surface area contributed by atoms with Crippen molar-refractivity contribution < 1.29 is 14.3 Å². The van der Waals surface area contributed by atoms with Crippen molar-refractivity contribution in [1.82, 2.24) is 5.32 Å². The fraction of sp³-hybridized carbons (Fsp3) is 0.435. The van der Waals surface area contributed by atoms with Crippen LogP contribution in [0.3, 0.4) is 0 Å². The van der Waals surface area contributed by atoms with Crippen molar-refractivity contribution in [3.63, 3.8) is 0 Å². The molecule has 1 amide bonds. The van der Waals surface area contributed by atoms with E-state index in [-0.39, 0.29) is 5.91 Å². The number of ether oxygens (including phenoxy) is 2. The van der Waals surface area contributed by atoms with E-state index in [2.05, 4.69) is 25.2 Å². The molecule has 2 rings (SSSR count). The van der Waals surface area contributed by atoms with E-state index in [1.54, 1.807) is 6.07 Å². The highest BCUT2D eigenvalue weighted by molar-refractivity contribution is 5.94. The zero-order valence-corrected chi connectivity index (χ0v) is 17.1. The number of hydrogen-bond acceptors (Lipinski definition) is 3. The zero-order chi connectivity index (χ0) is 19.8. The fourth-order valence-electron chi connectivity index (χ4n) is 2.88. The van der Waals surface area contributed by atoms with Crippen molar-refractivity contribution in [2.75, 3.05) is 13.2 Å². The lowest BCUT2D eigenvalue weighted by molar-refractivity contribution is 0.0952. The third kappa shape index (κ3) is 6.63. The number of hydrogen-bond donors (Lipinski definition) is 1. The zero-order valence-electron chi connectivity index (χ0n) is 17.1. The first-order valence-electron chi connectivity index (χ1n) is 9.64. The molecule has 0 radical (unpaired) electrons. The highest BCUT2D eigenvalue weighted by Gasteiger charge is 2.12. The van der Waals surface area contributed by atoms with Crippen molar-refractivity contribution in [1.29, 1.82) is 0 Å². The molecule has 0 fully saturated rings. The highest BCUT2D eigenvalue weighted by Crippen LogP contribution is 2.24. The number of rotatable bonds is 9. The maximum atomic E-state index is 12.4. The predicted octanol–water partition coefficient (Wildman–Crippen LogP) is 5.06. The molecular weight excluding hydrogens is 338 g/mol. The SMILES string of the molecule is CCOc1ccc(C(=O)NCCC(C)C)cc1COc1cc(C)cc(C)c1. The molecule has 2 aromatic rings. The molecular formula is C23H31NO3. The van der Waals surface area contributed by atoms with Gasteiger partial charge in [0, 0.05) is 17.7 Å². The van der Waals surface area contributed by atoms with Gasteiger partial charge in [0.2, 0.25) is 0 Å². The highest BCUT2D eigenvalue weighted by atomic mass is 16.5. The van der Waals surface area contributed by atoms with E-state index >= 15 is 0 Å². The summed E-state index contributed by atoms with van der Waals surface area (Å²) < 4.78 is 11.7. The summed E-state index contributed by atoms with van der Waals surface area (Å²) in [6, 6.07) is 11.6. The van der Waals surface area contributed by atoms with Crippen LogP contribution in [0.1, 0.15) is 54.2 Å². The molecule has 1 N–H and O–H groups in total. The van der Waals surface area contributed by atoms with Crippen molar-refractivity contribution in [2.24, 2.45) is 5.92 Å². The van der Waals surface area contributed by atoms with Gasteiger partial charge in [-0.15, -0.1) is 0 Å². The van der Waals surface area contributed by atoms with Gasteiger partial charge < -0.3 is 14.8 Å². The van der Waals surface area contributed by atoms with Crippen LogP contribution in [0.25, 0.3) is 0 Å². The van der Waals surface area contributed by atoms with Gasteiger partial charge in [0.15, 0.2) is 0 Å². The first kappa shape index (κ1) is 20.8. The number of amides is 1. The van der Waals surface area contributed by atoms with Crippen LogP contribution in [0.2, 0.25) is 0 Å². The quantitative estimate of drug-likeness (QED) is 0.672. The summed E-state index contributed by atoms with van der Waals surface area (Å²) in [4.78, 5) is 12.4. The minimum Gasteiger partial charge on any atom is -0.493 e. The molecule has 0 unspecified atom stereocenters. The molecule has 4 heteroatoms. The number of carbonyl (C=O) groups excluding carboxylic acids is 1. The van der Waals surface area contributed by atoms with Crippen LogP contribution in [0.5, 0.6) is 11.5 Å². The van der Waals surface area contributed by atoms with Gasteiger partial charge in [0.1, 0.15) is 18.1 Å². The van der Waals surface area contributed by atoms with Gasteiger partial charge in [-0.25, -0.2) is 0 Å². The molecule has 4 nitrogen and oxygen atoms in total. The van der Waals surface area contributed by atoms with Gasteiger partial charge in [0.05, 0.1) is 6.61 Å². The van der Waals surface area contributed by atoms with Gasteiger partial charge >= 0.3 is 0 Å². The van der Waals surface area contributed by atoms with E-state index in [1.165, 1.54) is 0 Å². The van der Waals surface area contributed by atoms with E-state index < -0.39 is 0 Å². The lowest BCUT2D eigenvalue weighted by atomic mass is 10.1. The molecule has 2 aromatic carbocycles. The number of benzene rings is 2. The Morgan fingerprint density at radius 3 is 2.37 bits per heavy atom. The standard InChI is InChI=1S/C23H31NO3/c1-6-26-22-8-7-19(23(25)24-10-9-16(2)3)14-20(22)15-27-21-12-17(4)11-18(5)13-21/h7-8,11-14,16H,6,9-10,15H2,1-5H3,(H,24,25). The summed E-state index contributed by atoms with van der Waals surface area (Å²) in [5.74, 6) is 2.07. The lowest BCUT2D eigenvalue weighted by Gasteiger charge is -2.14. The van der Waals surface area contributed by atoms with Crippen molar-refractivity contribution in [2.45, 2.75) is 47.6 Å². The Bertz CT molecular complexity index is 748. The molecule has 0 bridgehead atoms. The topological polar surface area (TPSA) is 47.6 Å². The van der Waals surface area contributed by atoms with Crippen LogP contribution < -0.4 is 14.8 Å². The minimum atomic E-state index is -0.0636. The molecule has 0 aliphatic carbocycles. The summed E-state index contributed by atoms with van der Waals surface area (Å²) >= 11 is 0. The average Bonchev–Trinajstić information content (AvgIpc) is 2.60. The van der Waals surface area contributed by atoms with Gasteiger partial charge in [0.25, 0.3) is 5.91 Å². The predicted molar refractivity (Wildman–Crippen MR) is 110 cm³/mol. The average molecular weight is 370 g/mol. The molecule has 0 aliphatic rings. The lowest BCUT2D eigenvalue weighted by Crippen LogP contribution is -2.25. The van der Waals surface area contributed by atoms with Crippen LogP contribution in [-0.4, -0.2) is 19.1 Å². The molecule has 0 saturated carbocycles. The Kier molecular flexibility index (Phi) is 7.71. The molecule has 0 atom stereocenters. The second-order valence-corrected chi connectivity index (χ2v) is 7.31. The van der Waals surface area contributed by atoms with Gasteiger partial charge in [-0.3, -0.25) is 4.79 Å². The minimum absolute atomic E-state index is 0.0636. The largest absolute Gasteiger partial charge is 0.493 e. The van der Waals surface area contributed by atoms with Crippen LogP contribution >= 0.6 is 0 Å². The van der Waals surface area contributed by atoms with E-state index in [9.17, 15) is 4.79 Å². The second-order valence-electron chi connectivity index (χ2n) is 7.31. The molecule has 0 saturated heterocycles. The van der Waals surface area contributed by atoms with Gasteiger partial charge in [-0.2, -0.15) is 0 Å². The molecule has 0 aliphatic heterocycles. The normalized spacial score (nSPS) is 10.7. The van der Waals surface area contributed by atoms with Crippen LogP contribution in [-0.2, 0) is 6.61 Å². The number of nitrogens with one attached hydrogen (secondary N) is 1. The molecule has 27 heavy (non-hydrogen) atoms. The van der Waals surface area contributed by atoms with Crippen molar-refractivity contribution in [3.8, 4) is 11.5 Å². The molecule has 146 valence electrons. The number of aryl methyl sites for hydroxylation is 2. The molecule has 0 aromatic heterocycles. The Labute approximate surface area is 162 Å². The second kappa shape index (κ2) is 10.0. The van der Waals surface area contributed by atoms with E-state index in [0.717, 1.165) is 34.6 Å². The maximum Gasteiger partial charge on any atom is 0.251 e. The number of carbonyl (C=O) groups is 1. The Hall–Kier alpha value is -2.49. The summed E-state index contributed by atoms with van der Waals surface area (Å²) in [5.41, 5.74) is 3.82. The van der Waals surface area contributed by atoms with Crippen LogP contribution in [0.4, 0.5) is 0 Å². The van der Waals surface area contributed by atoms with Crippen molar-refractivity contribution >= 4 is 5.91 Å². The monoisotopic (exact) mass is 369 g/mol. The van der Waals surface area contributed by atoms with E-state index in [0.29, 0.717) is 31.2 Å². The third-order valence-electron chi connectivity index (χ3n) is 4.22. The first-order chi connectivity index (χ1) is 12.9. The van der Waals surface area contributed by atoms with E-state index in [1.807, 2.05) is 45.0 Å². The molecule has 0 heterocycles. The summed E-state index contributed by atoms with van der Waals surface area (Å²) in [6.07, 6.45) is 0.964. The fourth-order valence-corrected chi connectivity index (χ4v) is 2.88. The summed E-state index contributed by atoms with van der Waals surface area (Å²) in [5, 5.41) is 2.98. The Morgan fingerprint density at radius 1 is 1.04 bits per heavy atom. The van der Waals surface area contributed by atoms with Gasteiger partial charge in [-0.1, -0.05) is 19.9 Å². The Balaban J connectivity index is 2.13. The smallest absolute Gasteiger partial charge is 0.251 e. The van der Waals surface area contributed by atoms with Crippen molar-refractivity contribution in [3.05, 3.63) is 58.7 Å². The molecule has 0 spiro atoms. The first-order valence-corrected chi connectivity index (χ1v) is 9.64. The van der Waals surface area contributed by atoms with E-state index in [4.69, 9.17) is 9.47 Å². The van der Waals surface area contributed by atoms with Gasteiger partial charge in [-0.05, 0) is 74.6 Å². The maximum absolute atomic E-state index is 12.4. The Morgan fingerprint density at radius 2 is 1.74 bits per heavy atom. The van der Waals surface area contributed by atoms with Crippen LogP contribution in [0, 0.1) is 19.8 Å². The van der Waals surface area contributed by atoms with Crippen LogP contribution in [0.15, 0.2) is 36.4 Å². The third-order valence-corrected chi connectivity index (χ3v) is 4.22. The summed E-state index contributed by atoms with van der Waals surface area (Å²) in [7, 11) is 0.